The Bertz CT molecular complexity index is 1350. The largest absolute Gasteiger partial charge is 0.467 e. The van der Waals surface area contributed by atoms with Crippen LogP contribution in [0.3, 0.4) is 0 Å². The normalized spacial score (nSPS) is 11.8. The Kier molecular flexibility index (Phi) is 6.60. The van der Waals surface area contributed by atoms with Crippen LogP contribution in [0.15, 0.2) is 71.1 Å². The molecule has 7 nitrogen and oxygen atoms in total. The first kappa shape index (κ1) is 22.3. The molecule has 0 unspecified atom stereocenters. The molecule has 0 spiro atoms. The molecule has 4 rings (SSSR count). The molecule has 0 saturated heterocycles. The van der Waals surface area contributed by atoms with E-state index in [9.17, 15) is 18.8 Å². The maximum atomic E-state index is 13.3. The van der Waals surface area contributed by atoms with E-state index in [2.05, 4.69) is 10.3 Å². The number of hydrogen-bond donors (Lipinski definition) is 1. The number of fused-ring (bicyclic) bond motifs is 1. The van der Waals surface area contributed by atoms with Gasteiger partial charge in [-0.25, -0.2) is 14.2 Å². The number of halogens is 1. The van der Waals surface area contributed by atoms with Crippen LogP contribution in [0, 0.1) is 5.82 Å². The van der Waals surface area contributed by atoms with Crippen molar-refractivity contribution in [3.63, 3.8) is 0 Å². The number of benzene rings is 2. The minimum atomic E-state index is -0.895. The molecule has 168 valence electrons. The van der Waals surface area contributed by atoms with Crippen molar-refractivity contribution in [2.75, 3.05) is 7.11 Å². The molecule has 0 radical (unpaired) electrons. The van der Waals surface area contributed by atoms with Gasteiger partial charge in [0.15, 0.2) is 0 Å². The fourth-order valence-electron chi connectivity index (χ4n) is 3.50. The number of amides is 1. The number of carbonyl (C=O) groups excluding carboxylic acids is 2. The van der Waals surface area contributed by atoms with Crippen LogP contribution in [0.5, 0.6) is 0 Å². The number of carbonyl (C=O) groups is 2. The monoisotopic (exact) mass is 465 g/mol. The minimum Gasteiger partial charge on any atom is -0.467 e. The Labute approximate surface area is 192 Å². The molecular weight excluding hydrogens is 445 g/mol. The Balaban J connectivity index is 1.57. The minimum absolute atomic E-state index is 0.255. The second kappa shape index (κ2) is 9.74. The molecule has 9 heteroatoms. The summed E-state index contributed by atoms with van der Waals surface area (Å²) in [5.74, 6) is -1.48. The van der Waals surface area contributed by atoms with Gasteiger partial charge in [-0.05, 0) is 23.3 Å². The molecule has 4 aromatic rings. The molecule has 0 aliphatic rings. The molecule has 0 aliphatic carbocycles. The Hall–Kier alpha value is -3.85. The molecule has 2 aromatic carbocycles. The summed E-state index contributed by atoms with van der Waals surface area (Å²) in [7, 11) is 1.25. The van der Waals surface area contributed by atoms with Crippen LogP contribution >= 0.6 is 11.3 Å². The predicted octanol–water partition coefficient (Wildman–Crippen LogP) is 3.16. The number of methoxy groups -OCH3 is 1. The van der Waals surface area contributed by atoms with E-state index in [-0.39, 0.29) is 18.8 Å². The van der Waals surface area contributed by atoms with E-state index in [4.69, 9.17) is 4.74 Å². The lowest BCUT2D eigenvalue weighted by Gasteiger charge is -2.17. The fraction of sp³-hybridized carbons (Fsp3) is 0.167. The molecule has 0 bridgehead atoms. The molecule has 1 atom stereocenters. The Morgan fingerprint density at radius 3 is 2.58 bits per heavy atom. The Morgan fingerprint density at radius 2 is 1.88 bits per heavy atom. The molecule has 0 saturated carbocycles. The summed E-state index contributed by atoms with van der Waals surface area (Å²) in [5, 5.41) is 4.79. The van der Waals surface area contributed by atoms with Crippen molar-refractivity contribution in [2.45, 2.75) is 19.0 Å². The van der Waals surface area contributed by atoms with Crippen molar-refractivity contribution in [3.05, 3.63) is 88.0 Å². The quantitative estimate of drug-likeness (QED) is 0.424. The van der Waals surface area contributed by atoms with Gasteiger partial charge >= 0.3 is 5.97 Å². The van der Waals surface area contributed by atoms with Gasteiger partial charge in [0.25, 0.3) is 5.56 Å². The van der Waals surface area contributed by atoms with Gasteiger partial charge in [-0.15, -0.1) is 11.3 Å². The Morgan fingerprint density at radius 1 is 1.15 bits per heavy atom. The van der Waals surface area contributed by atoms with E-state index >= 15 is 0 Å². The number of esters is 1. The second-order valence-corrected chi connectivity index (χ2v) is 8.21. The maximum Gasteiger partial charge on any atom is 0.328 e. The molecule has 0 fully saturated rings. The lowest BCUT2D eigenvalue weighted by atomic mass is 10.1. The van der Waals surface area contributed by atoms with Gasteiger partial charge in [0.05, 0.1) is 18.8 Å². The average Bonchev–Trinajstić information content (AvgIpc) is 3.26. The summed E-state index contributed by atoms with van der Waals surface area (Å²) in [6.45, 7) is -0.317. The van der Waals surface area contributed by atoms with Gasteiger partial charge in [-0.1, -0.05) is 42.5 Å². The number of hydrogen-bond acceptors (Lipinski definition) is 6. The fourth-order valence-corrected chi connectivity index (χ4v) is 4.41. The maximum absolute atomic E-state index is 13.3. The van der Waals surface area contributed by atoms with E-state index in [0.29, 0.717) is 21.3 Å². The van der Waals surface area contributed by atoms with Crippen LogP contribution in [0.4, 0.5) is 4.39 Å². The second-order valence-electron chi connectivity index (χ2n) is 7.35. The molecule has 1 N–H and O–H groups in total. The van der Waals surface area contributed by atoms with Crippen LogP contribution in [-0.4, -0.2) is 34.6 Å². The first-order valence-corrected chi connectivity index (χ1v) is 11.0. The summed E-state index contributed by atoms with van der Waals surface area (Å²) in [6, 6.07) is 14.1. The topological polar surface area (TPSA) is 90.3 Å². The van der Waals surface area contributed by atoms with Crippen LogP contribution in [0.25, 0.3) is 21.3 Å². The highest BCUT2D eigenvalue weighted by Gasteiger charge is 2.23. The van der Waals surface area contributed by atoms with E-state index in [1.807, 2.05) is 30.3 Å². The molecule has 0 aliphatic heterocycles. The summed E-state index contributed by atoms with van der Waals surface area (Å²) in [4.78, 5) is 42.9. The molecular formula is C24H20FN3O4S. The van der Waals surface area contributed by atoms with Crippen LogP contribution < -0.4 is 10.9 Å². The van der Waals surface area contributed by atoms with Crippen molar-refractivity contribution in [1.29, 1.82) is 0 Å². The first-order chi connectivity index (χ1) is 16.0. The zero-order valence-electron chi connectivity index (χ0n) is 17.7. The van der Waals surface area contributed by atoms with Crippen molar-refractivity contribution >= 4 is 33.4 Å². The molecule has 33 heavy (non-hydrogen) atoms. The molecule has 2 aromatic heterocycles. The third-order valence-electron chi connectivity index (χ3n) is 5.13. The number of aromatic nitrogens is 2. The predicted molar refractivity (Wildman–Crippen MR) is 123 cm³/mol. The SMILES string of the molecule is COC(=O)[C@@H](Cc1ccccc1)NC(=O)Cn1cnc2scc(-c3ccc(F)cc3)c2c1=O. The molecule has 1 amide bonds. The first-order valence-electron chi connectivity index (χ1n) is 10.1. The van der Waals surface area contributed by atoms with Crippen LogP contribution in [-0.2, 0) is 27.3 Å². The van der Waals surface area contributed by atoms with Gasteiger partial charge in [-0.3, -0.25) is 14.2 Å². The lowest BCUT2D eigenvalue weighted by molar-refractivity contribution is -0.145. The van der Waals surface area contributed by atoms with E-state index in [1.165, 1.54) is 41.5 Å². The van der Waals surface area contributed by atoms with Crippen LogP contribution in [0.2, 0.25) is 0 Å². The van der Waals surface area contributed by atoms with Gasteiger partial charge < -0.3 is 10.1 Å². The number of rotatable bonds is 7. The highest BCUT2D eigenvalue weighted by molar-refractivity contribution is 7.17. The van der Waals surface area contributed by atoms with E-state index in [0.717, 1.165) is 5.56 Å². The van der Waals surface area contributed by atoms with Gasteiger partial charge in [0.1, 0.15) is 23.2 Å². The third-order valence-corrected chi connectivity index (χ3v) is 6.02. The van der Waals surface area contributed by atoms with Gasteiger partial charge in [-0.2, -0.15) is 0 Å². The highest BCUT2D eigenvalue weighted by atomic mass is 32.1. The summed E-state index contributed by atoms with van der Waals surface area (Å²) < 4.78 is 19.3. The number of ether oxygens (including phenoxy) is 1. The van der Waals surface area contributed by atoms with Crippen molar-refractivity contribution in [2.24, 2.45) is 0 Å². The standard InChI is InChI=1S/C24H20FN3O4S/c1-32-24(31)19(11-15-5-3-2-4-6-15)27-20(29)12-28-14-26-22-21(23(28)30)18(13-33-22)16-7-9-17(25)10-8-16/h2-10,13-14,19H,11-12H2,1H3,(H,27,29)/t19-/m1/s1. The molecule has 2 heterocycles. The average molecular weight is 466 g/mol. The summed E-state index contributed by atoms with van der Waals surface area (Å²) >= 11 is 1.29. The highest BCUT2D eigenvalue weighted by Crippen LogP contribution is 2.30. The van der Waals surface area contributed by atoms with Crippen molar-refractivity contribution < 1.29 is 18.7 Å². The number of nitrogens with zero attached hydrogens (tertiary/aromatic N) is 2. The summed E-state index contributed by atoms with van der Waals surface area (Å²) in [5.41, 5.74) is 1.76. The zero-order valence-corrected chi connectivity index (χ0v) is 18.5. The smallest absolute Gasteiger partial charge is 0.328 e. The van der Waals surface area contributed by atoms with Crippen molar-refractivity contribution in [3.8, 4) is 11.1 Å². The van der Waals surface area contributed by atoms with Gasteiger partial charge in [0.2, 0.25) is 5.91 Å². The van der Waals surface area contributed by atoms with Crippen LogP contribution in [0.1, 0.15) is 5.56 Å². The third kappa shape index (κ3) is 4.98. The zero-order chi connectivity index (χ0) is 23.4. The number of nitrogens with one attached hydrogen (secondary N) is 1. The lowest BCUT2D eigenvalue weighted by Crippen LogP contribution is -2.45. The number of thiophene rings is 1. The van der Waals surface area contributed by atoms with Gasteiger partial charge in [0, 0.05) is 17.4 Å². The van der Waals surface area contributed by atoms with Crippen molar-refractivity contribution in [1.82, 2.24) is 14.9 Å². The summed E-state index contributed by atoms with van der Waals surface area (Å²) in [6.07, 6.45) is 1.56. The van der Waals surface area contributed by atoms with E-state index in [1.54, 1.807) is 17.5 Å². The van der Waals surface area contributed by atoms with E-state index < -0.39 is 23.5 Å².